The maximum atomic E-state index is 10.7. The van der Waals surface area contributed by atoms with Crippen molar-refractivity contribution in [3.8, 4) is 6.07 Å². The maximum absolute atomic E-state index is 10.7. The maximum Gasteiger partial charge on any atom is 0.103 e. The van der Waals surface area contributed by atoms with Gasteiger partial charge in [0.25, 0.3) is 0 Å². The van der Waals surface area contributed by atoms with Gasteiger partial charge < -0.3 is 10.0 Å². The lowest BCUT2D eigenvalue weighted by Crippen LogP contribution is -2.38. The molecule has 1 unspecified atom stereocenters. The molecular formula is C14H14ClN5O. The van der Waals surface area contributed by atoms with E-state index in [1.165, 1.54) is 0 Å². The summed E-state index contributed by atoms with van der Waals surface area (Å²) in [5.41, 5.74) is 0.437. The number of β-amino-alcohol motifs (C(OH)–C–C–N with tert-alkyl or cyclic N) is 1. The summed E-state index contributed by atoms with van der Waals surface area (Å²) in [5, 5.41) is 28.1. The molecule has 1 saturated heterocycles. The van der Waals surface area contributed by atoms with Crippen LogP contribution in [-0.2, 0) is 6.54 Å². The van der Waals surface area contributed by atoms with E-state index in [1.807, 2.05) is 4.90 Å². The molecule has 108 valence electrons. The van der Waals surface area contributed by atoms with Crippen LogP contribution in [0.2, 0.25) is 5.02 Å². The summed E-state index contributed by atoms with van der Waals surface area (Å²) in [5.74, 6) is 0. The topological polar surface area (TPSA) is 78.0 Å². The minimum Gasteiger partial charge on any atom is -0.386 e. The third-order valence-electron chi connectivity index (χ3n) is 3.68. The van der Waals surface area contributed by atoms with Gasteiger partial charge in [-0.25, -0.2) is 4.68 Å². The van der Waals surface area contributed by atoms with Crippen LogP contribution in [0.5, 0.6) is 0 Å². The van der Waals surface area contributed by atoms with Crippen LogP contribution in [0, 0.1) is 11.3 Å². The first-order chi connectivity index (χ1) is 10.1. The summed E-state index contributed by atoms with van der Waals surface area (Å²) in [6, 6.07) is 7.32. The zero-order valence-corrected chi connectivity index (χ0v) is 12.0. The first kappa shape index (κ1) is 13.9. The number of hydrogen-bond acceptors (Lipinski definition) is 5. The monoisotopic (exact) mass is 303 g/mol. The fourth-order valence-corrected chi connectivity index (χ4v) is 2.84. The number of rotatable bonds is 3. The van der Waals surface area contributed by atoms with Crippen molar-refractivity contribution in [3.63, 3.8) is 0 Å². The summed E-state index contributed by atoms with van der Waals surface area (Å²) in [4.78, 5) is 1.99. The molecule has 0 bridgehead atoms. The fraction of sp³-hybridized carbons (Fsp3) is 0.357. The van der Waals surface area contributed by atoms with Crippen LogP contribution < -0.4 is 4.90 Å². The van der Waals surface area contributed by atoms with E-state index in [9.17, 15) is 10.4 Å². The van der Waals surface area contributed by atoms with E-state index in [0.717, 1.165) is 5.69 Å². The van der Waals surface area contributed by atoms with Gasteiger partial charge in [-0.2, -0.15) is 5.26 Å². The summed E-state index contributed by atoms with van der Waals surface area (Å²) in [6.07, 6.45) is 3.91. The van der Waals surface area contributed by atoms with E-state index >= 15 is 0 Å². The molecule has 2 heterocycles. The van der Waals surface area contributed by atoms with Crippen LogP contribution in [-0.4, -0.2) is 38.8 Å². The Kier molecular flexibility index (Phi) is 3.53. The summed E-state index contributed by atoms with van der Waals surface area (Å²) in [7, 11) is 0. The van der Waals surface area contributed by atoms with E-state index in [2.05, 4.69) is 16.4 Å². The van der Waals surface area contributed by atoms with Crippen LogP contribution >= 0.6 is 11.6 Å². The van der Waals surface area contributed by atoms with Crippen LogP contribution in [0.1, 0.15) is 12.0 Å². The molecule has 3 rings (SSSR count). The van der Waals surface area contributed by atoms with Gasteiger partial charge >= 0.3 is 0 Å². The molecule has 21 heavy (non-hydrogen) atoms. The highest BCUT2D eigenvalue weighted by molar-refractivity contribution is 6.30. The molecule has 1 aromatic heterocycles. The minimum atomic E-state index is -0.886. The molecule has 1 atom stereocenters. The summed E-state index contributed by atoms with van der Waals surface area (Å²) < 4.78 is 1.62. The Labute approximate surface area is 127 Å². The number of aromatic nitrogens is 3. The molecule has 0 saturated carbocycles. The van der Waals surface area contributed by atoms with Crippen molar-refractivity contribution in [2.45, 2.75) is 18.6 Å². The second kappa shape index (κ2) is 5.35. The molecule has 0 radical (unpaired) electrons. The number of nitrogens with zero attached hydrogens (tertiary/aromatic N) is 5. The van der Waals surface area contributed by atoms with Gasteiger partial charge in [-0.3, -0.25) is 0 Å². The lowest BCUT2D eigenvalue weighted by molar-refractivity contribution is 0.0409. The molecule has 1 fully saturated rings. The molecule has 7 heteroatoms. The normalized spacial score (nSPS) is 21.5. The molecule has 0 spiro atoms. The minimum absolute atomic E-state index is 0.381. The quantitative estimate of drug-likeness (QED) is 0.928. The van der Waals surface area contributed by atoms with E-state index in [-0.39, 0.29) is 0 Å². The number of anilines is 1. The van der Waals surface area contributed by atoms with Crippen molar-refractivity contribution < 1.29 is 5.11 Å². The number of nitriles is 1. The zero-order chi connectivity index (χ0) is 14.9. The average molecular weight is 304 g/mol. The predicted octanol–water partition coefficient (Wildman–Crippen LogP) is 1.44. The van der Waals surface area contributed by atoms with Gasteiger partial charge in [0, 0.05) is 24.3 Å². The molecule has 2 aromatic rings. The van der Waals surface area contributed by atoms with Gasteiger partial charge in [-0.05, 0) is 24.6 Å². The first-order valence-electron chi connectivity index (χ1n) is 6.61. The molecule has 0 amide bonds. The molecule has 1 aliphatic heterocycles. The smallest absolute Gasteiger partial charge is 0.103 e. The van der Waals surface area contributed by atoms with Crippen molar-refractivity contribution in [2.75, 3.05) is 18.0 Å². The third kappa shape index (κ3) is 2.84. The predicted molar refractivity (Wildman–Crippen MR) is 78.0 cm³/mol. The Bertz CT molecular complexity index is 681. The second-order valence-electron chi connectivity index (χ2n) is 5.27. The van der Waals surface area contributed by atoms with E-state index in [1.54, 1.807) is 35.3 Å². The standard InChI is InChI=1S/C14H14ClN5O/c15-12-2-1-11(8-16)13(7-12)19-5-3-14(21,9-19)10-20-6-4-17-18-20/h1-2,4,6-7,21H,3,5,9-10H2. The van der Waals surface area contributed by atoms with Gasteiger partial charge in [-0.1, -0.05) is 16.8 Å². The lowest BCUT2D eigenvalue weighted by atomic mass is 10.0. The fourth-order valence-electron chi connectivity index (χ4n) is 2.67. The molecule has 1 aromatic carbocycles. The second-order valence-corrected chi connectivity index (χ2v) is 5.71. The van der Waals surface area contributed by atoms with Crippen LogP contribution in [0.15, 0.2) is 30.6 Å². The molecule has 1 aliphatic rings. The van der Waals surface area contributed by atoms with E-state index in [0.29, 0.717) is 36.6 Å². The van der Waals surface area contributed by atoms with Crippen LogP contribution in [0.4, 0.5) is 5.69 Å². The Balaban J connectivity index is 1.81. The Morgan fingerprint density at radius 1 is 1.48 bits per heavy atom. The van der Waals surface area contributed by atoms with E-state index < -0.39 is 5.60 Å². The number of benzene rings is 1. The highest BCUT2D eigenvalue weighted by Gasteiger charge is 2.37. The molecule has 6 nitrogen and oxygen atoms in total. The van der Waals surface area contributed by atoms with Gasteiger partial charge in [0.2, 0.25) is 0 Å². The van der Waals surface area contributed by atoms with Gasteiger partial charge in [0.05, 0.1) is 24.0 Å². The molecular weight excluding hydrogens is 290 g/mol. The Morgan fingerprint density at radius 3 is 3.05 bits per heavy atom. The highest BCUT2D eigenvalue weighted by Crippen LogP contribution is 2.31. The van der Waals surface area contributed by atoms with Crippen LogP contribution in [0.25, 0.3) is 0 Å². The molecule has 0 aliphatic carbocycles. The van der Waals surface area contributed by atoms with Gasteiger partial charge in [0.1, 0.15) is 11.7 Å². The van der Waals surface area contributed by atoms with Crippen molar-refractivity contribution in [1.29, 1.82) is 5.26 Å². The van der Waals surface area contributed by atoms with Crippen molar-refractivity contribution in [3.05, 3.63) is 41.2 Å². The Morgan fingerprint density at radius 2 is 2.33 bits per heavy atom. The largest absolute Gasteiger partial charge is 0.386 e. The van der Waals surface area contributed by atoms with Crippen LogP contribution in [0.3, 0.4) is 0 Å². The van der Waals surface area contributed by atoms with Gasteiger partial charge in [-0.15, -0.1) is 5.10 Å². The van der Waals surface area contributed by atoms with Crippen molar-refractivity contribution >= 4 is 17.3 Å². The highest BCUT2D eigenvalue weighted by atomic mass is 35.5. The van der Waals surface area contributed by atoms with E-state index in [4.69, 9.17) is 11.6 Å². The lowest BCUT2D eigenvalue weighted by Gasteiger charge is -2.24. The zero-order valence-electron chi connectivity index (χ0n) is 11.3. The Hall–Kier alpha value is -2.10. The number of halogens is 1. The SMILES string of the molecule is N#Cc1ccc(Cl)cc1N1CCC(O)(Cn2ccnn2)C1. The van der Waals surface area contributed by atoms with Crippen molar-refractivity contribution in [2.24, 2.45) is 0 Å². The number of hydrogen-bond donors (Lipinski definition) is 1. The average Bonchev–Trinajstić information content (AvgIpc) is 3.09. The first-order valence-corrected chi connectivity index (χ1v) is 6.98. The van der Waals surface area contributed by atoms with Crippen molar-refractivity contribution in [1.82, 2.24) is 15.0 Å². The molecule has 1 N–H and O–H groups in total. The summed E-state index contributed by atoms with van der Waals surface area (Å²) in [6.45, 7) is 1.48. The summed E-state index contributed by atoms with van der Waals surface area (Å²) >= 11 is 6.02. The van der Waals surface area contributed by atoms with Gasteiger partial charge in [0.15, 0.2) is 0 Å². The third-order valence-corrected chi connectivity index (χ3v) is 3.92. The number of aliphatic hydroxyl groups is 1.